The van der Waals surface area contributed by atoms with Gasteiger partial charge in [0.1, 0.15) is 0 Å². The van der Waals surface area contributed by atoms with Crippen LogP contribution in [0.4, 0.5) is 5.13 Å². The first-order valence-corrected chi connectivity index (χ1v) is 4.41. The molecular formula is C7H11N3OS. The lowest BCUT2D eigenvalue weighted by molar-refractivity contribution is -0.126. The first-order valence-electron chi connectivity index (χ1n) is 3.53. The molecule has 0 radical (unpaired) electrons. The molecule has 0 spiro atoms. The fraction of sp³-hybridized carbons (Fsp3) is 0.429. The van der Waals surface area contributed by atoms with E-state index in [2.05, 4.69) is 10.3 Å². The minimum absolute atomic E-state index is 0.0465. The van der Waals surface area contributed by atoms with E-state index in [4.69, 9.17) is 0 Å². The van der Waals surface area contributed by atoms with Crippen molar-refractivity contribution < 1.29 is 4.79 Å². The number of thiazole rings is 1. The summed E-state index contributed by atoms with van der Waals surface area (Å²) in [5.74, 6) is 0.0465. The molecule has 1 aromatic heterocycles. The maximum absolute atomic E-state index is 11.1. The van der Waals surface area contributed by atoms with E-state index in [9.17, 15) is 4.79 Å². The number of rotatable bonds is 3. The second-order valence-corrected chi connectivity index (χ2v) is 3.37. The molecule has 0 aliphatic heterocycles. The van der Waals surface area contributed by atoms with Crippen molar-refractivity contribution in [1.29, 1.82) is 0 Å². The van der Waals surface area contributed by atoms with Crippen LogP contribution in [-0.2, 0) is 4.79 Å². The molecule has 0 unspecified atom stereocenters. The van der Waals surface area contributed by atoms with Gasteiger partial charge in [-0.05, 0) is 0 Å². The molecule has 0 aromatic carbocycles. The molecule has 0 saturated heterocycles. The number of aromatic nitrogens is 1. The van der Waals surface area contributed by atoms with Crippen LogP contribution >= 0.6 is 11.3 Å². The predicted octanol–water partition coefficient (Wildman–Crippen LogP) is 0.643. The number of anilines is 1. The van der Waals surface area contributed by atoms with Gasteiger partial charge in [-0.15, -0.1) is 11.3 Å². The first kappa shape index (κ1) is 8.99. The molecular weight excluding hydrogens is 174 g/mol. The third-order valence-corrected chi connectivity index (χ3v) is 2.05. The van der Waals surface area contributed by atoms with Crippen molar-refractivity contribution in [3.8, 4) is 0 Å². The van der Waals surface area contributed by atoms with Crippen LogP contribution in [-0.4, -0.2) is 36.4 Å². The van der Waals surface area contributed by atoms with Crippen molar-refractivity contribution in [2.75, 3.05) is 26.0 Å². The number of carbonyl (C=O) groups is 1. The summed E-state index contributed by atoms with van der Waals surface area (Å²) in [6.45, 7) is 0.306. The van der Waals surface area contributed by atoms with Gasteiger partial charge in [0.05, 0.1) is 6.54 Å². The SMILES string of the molecule is CN(C)C(=O)CNc1nccs1. The molecule has 12 heavy (non-hydrogen) atoms. The van der Waals surface area contributed by atoms with Crippen LogP contribution in [0, 0.1) is 0 Å². The number of nitrogens with one attached hydrogen (secondary N) is 1. The Hall–Kier alpha value is -1.10. The number of nitrogens with zero attached hydrogens (tertiary/aromatic N) is 2. The second-order valence-electron chi connectivity index (χ2n) is 2.48. The summed E-state index contributed by atoms with van der Waals surface area (Å²) in [6, 6.07) is 0. The largest absolute Gasteiger partial charge is 0.352 e. The van der Waals surface area contributed by atoms with Gasteiger partial charge in [-0.25, -0.2) is 4.98 Å². The fourth-order valence-corrected chi connectivity index (χ4v) is 1.15. The van der Waals surface area contributed by atoms with E-state index in [1.165, 1.54) is 11.3 Å². The number of amides is 1. The summed E-state index contributed by atoms with van der Waals surface area (Å²) in [5, 5.41) is 5.57. The molecule has 1 rings (SSSR count). The molecule has 0 atom stereocenters. The molecule has 0 aliphatic carbocycles. The quantitative estimate of drug-likeness (QED) is 0.751. The number of hydrogen-bond donors (Lipinski definition) is 1. The van der Waals surface area contributed by atoms with Crippen molar-refractivity contribution >= 4 is 22.4 Å². The highest BCUT2D eigenvalue weighted by molar-refractivity contribution is 7.13. The smallest absolute Gasteiger partial charge is 0.241 e. The van der Waals surface area contributed by atoms with E-state index in [1.807, 2.05) is 5.38 Å². The van der Waals surface area contributed by atoms with Crippen molar-refractivity contribution in [1.82, 2.24) is 9.88 Å². The van der Waals surface area contributed by atoms with Gasteiger partial charge in [0.25, 0.3) is 0 Å². The van der Waals surface area contributed by atoms with E-state index < -0.39 is 0 Å². The number of carbonyl (C=O) groups excluding carboxylic acids is 1. The van der Waals surface area contributed by atoms with Gasteiger partial charge >= 0.3 is 0 Å². The Kier molecular flexibility index (Phi) is 3.04. The molecule has 5 heteroatoms. The summed E-state index contributed by atoms with van der Waals surface area (Å²) in [4.78, 5) is 16.6. The lowest BCUT2D eigenvalue weighted by Crippen LogP contribution is -2.28. The first-order chi connectivity index (χ1) is 5.70. The number of likely N-dealkylation sites (N-methyl/N-ethyl adjacent to an activating group) is 1. The summed E-state index contributed by atoms with van der Waals surface area (Å²) in [6.07, 6.45) is 1.70. The van der Waals surface area contributed by atoms with Crippen LogP contribution in [0.1, 0.15) is 0 Å². The molecule has 0 fully saturated rings. The maximum atomic E-state index is 11.1. The Bertz CT molecular complexity index is 245. The zero-order chi connectivity index (χ0) is 8.97. The molecule has 0 bridgehead atoms. The lowest BCUT2D eigenvalue weighted by Gasteiger charge is -2.09. The molecule has 1 aromatic rings. The monoisotopic (exact) mass is 185 g/mol. The van der Waals surface area contributed by atoms with Crippen molar-refractivity contribution in [2.24, 2.45) is 0 Å². The molecule has 1 amide bonds. The van der Waals surface area contributed by atoms with Crippen LogP contribution in [0.15, 0.2) is 11.6 Å². The van der Waals surface area contributed by atoms with Crippen LogP contribution in [0.2, 0.25) is 0 Å². The number of hydrogen-bond acceptors (Lipinski definition) is 4. The van der Waals surface area contributed by atoms with Gasteiger partial charge in [-0.2, -0.15) is 0 Å². The molecule has 0 aliphatic rings. The highest BCUT2D eigenvalue weighted by atomic mass is 32.1. The Morgan fingerprint density at radius 3 is 3.00 bits per heavy atom. The summed E-state index contributed by atoms with van der Waals surface area (Å²) in [5.41, 5.74) is 0. The Morgan fingerprint density at radius 2 is 2.50 bits per heavy atom. The molecule has 0 saturated carbocycles. The average Bonchev–Trinajstić information content (AvgIpc) is 2.51. The van der Waals surface area contributed by atoms with Crippen molar-refractivity contribution in [3.63, 3.8) is 0 Å². The zero-order valence-electron chi connectivity index (χ0n) is 7.07. The normalized spacial score (nSPS) is 9.50. The second kappa shape index (κ2) is 4.06. The molecule has 4 nitrogen and oxygen atoms in total. The van der Waals surface area contributed by atoms with E-state index in [-0.39, 0.29) is 5.91 Å². The minimum atomic E-state index is 0.0465. The minimum Gasteiger partial charge on any atom is -0.352 e. The summed E-state index contributed by atoms with van der Waals surface area (Å²) >= 11 is 1.48. The Labute approximate surface area is 75.2 Å². The zero-order valence-corrected chi connectivity index (χ0v) is 7.89. The average molecular weight is 185 g/mol. The van der Waals surface area contributed by atoms with Crippen molar-refractivity contribution in [3.05, 3.63) is 11.6 Å². The molecule has 1 N–H and O–H groups in total. The van der Waals surface area contributed by atoms with E-state index in [1.54, 1.807) is 25.2 Å². The van der Waals surface area contributed by atoms with Crippen LogP contribution in [0.25, 0.3) is 0 Å². The van der Waals surface area contributed by atoms with Gasteiger partial charge in [0.2, 0.25) is 5.91 Å². The van der Waals surface area contributed by atoms with Gasteiger partial charge in [-0.3, -0.25) is 4.79 Å². The van der Waals surface area contributed by atoms with Crippen molar-refractivity contribution in [2.45, 2.75) is 0 Å². The third-order valence-electron chi connectivity index (χ3n) is 1.32. The summed E-state index contributed by atoms with van der Waals surface area (Å²) in [7, 11) is 3.46. The van der Waals surface area contributed by atoms with Crippen LogP contribution in [0.5, 0.6) is 0 Å². The van der Waals surface area contributed by atoms with Gasteiger partial charge in [0, 0.05) is 25.7 Å². The highest BCUT2D eigenvalue weighted by Gasteiger charge is 2.03. The van der Waals surface area contributed by atoms with Crippen LogP contribution in [0.3, 0.4) is 0 Å². The summed E-state index contributed by atoms with van der Waals surface area (Å²) < 4.78 is 0. The van der Waals surface area contributed by atoms with E-state index >= 15 is 0 Å². The Morgan fingerprint density at radius 1 is 1.75 bits per heavy atom. The third kappa shape index (κ3) is 2.50. The highest BCUT2D eigenvalue weighted by Crippen LogP contribution is 2.09. The predicted molar refractivity (Wildman–Crippen MR) is 49.3 cm³/mol. The maximum Gasteiger partial charge on any atom is 0.241 e. The van der Waals surface area contributed by atoms with Gasteiger partial charge in [-0.1, -0.05) is 0 Å². The topological polar surface area (TPSA) is 45.2 Å². The Balaban J connectivity index is 2.32. The van der Waals surface area contributed by atoms with Gasteiger partial charge in [0.15, 0.2) is 5.13 Å². The van der Waals surface area contributed by atoms with E-state index in [0.717, 1.165) is 5.13 Å². The standard InChI is InChI=1S/C7H11N3OS/c1-10(2)6(11)5-9-7-8-3-4-12-7/h3-4H,5H2,1-2H3,(H,8,9). The fourth-order valence-electron chi connectivity index (χ4n) is 0.620. The van der Waals surface area contributed by atoms with Gasteiger partial charge < -0.3 is 10.2 Å². The van der Waals surface area contributed by atoms with Crippen LogP contribution < -0.4 is 5.32 Å². The molecule has 1 heterocycles. The molecule has 66 valence electrons. The lowest BCUT2D eigenvalue weighted by atomic mass is 10.5. The van der Waals surface area contributed by atoms with E-state index in [0.29, 0.717) is 6.54 Å².